The van der Waals surface area contributed by atoms with Gasteiger partial charge in [0.25, 0.3) is 0 Å². The highest BCUT2D eigenvalue weighted by Crippen LogP contribution is 2.11. The van der Waals surface area contributed by atoms with Crippen LogP contribution in [0.4, 0.5) is 5.69 Å². The Morgan fingerprint density at radius 1 is 0.970 bits per heavy atom. The molecule has 0 atom stereocenters. The zero-order chi connectivity index (χ0) is 23.6. The van der Waals surface area contributed by atoms with Gasteiger partial charge in [-0.2, -0.15) is 0 Å². The predicted molar refractivity (Wildman–Crippen MR) is 137 cm³/mol. The second kappa shape index (κ2) is 12.0. The molecule has 1 aromatic heterocycles. The molecule has 0 spiro atoms. The van der Waals surface area contributed by atoms with E-state index in [4.69, 9.17) is 4.99 Å². The zero-order valence-corrected chi connectivity index (χ0v) is 20.6. The van der Waals surface area contributed by atoms with Crippen molar-refractivity contribution in [1.29, 1.82) is 0 Å². The van der Waals surface area contributed by atoms with Gasteiger partial charge in [0.15, 0.2) is 11.8 Å². The second-order valence-corrected chi connectivity index (χ2v) is 8.60. The molecule has 0 aliphatic rings. The van der Waals surface area contributed by atoms with E-state index in [2.05, 4.69) is 89.1 Å². The molecule has 0 bridgehead atoms. The van der Waals surface area contributed by atoms with Gasteiger partial charge in [-0.1, -0.05) is 47.5 Å². The van der Waals surface area contributed by atoms with Gasteiger partial charge in [0.05, 0.1) is 0 Å². The fraction of sp³-hybridized carbons (Fsp3) is 0.423. The van der Waals surface area contributed by atoms with E-state index in [1.165, 1.54) is 22.4 Å². The third-order valence-electron chi connectivity index (χ3n) is 5.71. The van der Waals surface area contributed by atoms with E-state index in [1.54, 1.807) is 0 Å². The lowest BCUT2D eigenvalue weighted by Crippen LogP contribution is -2.39. The Hall–Kier alpha value is -3.35. The number of aliphatic imine (C=N–C) groups is 1. The molecule has 0 amide bonds. The fourth-order valence-electron chi connectivity index (χ4n) is 3.79. The molecule has 0 saturated carbocycles. The lowest BCUT2D eigenvalue weighted by atomic mass is 10.1. The molecule has 3 rings (SSSR count). The number of nitrogens with zero attached hydrogens (tertiary/aromatic N) is 5. The maximum absolute atomic E-state index is 4.77. The lowest BCUT2D eigenvalue weighted by Gasteiger charge is -2.20. The van der Waals surface area contributed by atoms with Crippen molar-refractivity contribution in [3.05, 3.63) is 76.9 Å². The number of para-hydroxylation sites is 1. The minimum absolute atomic E-state index is 0.486. The molecule has 0 saturated heterocycles. The standard InChI is InChI=1S/C26H37N7/c1-20-16-21(2)18-23(17-20)12-14-28-26(29-19-25-31-30-22(3)33(25)5)27-13-9-15-32(4)24-10-7-6-8-11-24/h6-8,10-11,16-18H,9,12-15,19H2,1-5H3,(H2,27,28,29). The summed E-state index contributed by atoms with van der Waals surface area (Å²) in [5.41, 5.74) is 5.18. The average Bonchev–Trinajstić information content (AvgIpc) is 3.11. The third kappa shape index (κ3) is 7.63. The van der Waals surface area contributed by atoms with Crippen molar-refractivity contribution in [1.82, 2.24) is 25.4 Å². The van der Waals surface area contributed by atoms with E-state index in [0.29, 0.717) is 6.54 Å². The molecule has 0 aliphatic heterocycles. The molecule has 0 radical (unpaired) electrons. The first-order valence-electron chi connectivity index (χ1n) is 11.6. The first-order chi connectivity index (χ1) is 15.9. The summed E-state index contributed by atoms with van der Waals surface area (Å²) >= 11 is 0. The Morgan fingerprint density at radius 3 is 2.33 bits per heavy atom. The SMILES string of the molecule is Cc1cc(C)cc(CCNC(=NCc2nnc(C)n2C)NCCCN(C)c2ccccc2)c1. The summed E-state index contributed by atoms with van der Waals surface area (Å²) in [6.07, 6.45) is 1.95. The van der Waals surface area contributed by atoms with Crippen molar-refractivity contribution < 1.29 is 0 Å². The molecule has 2 aromatic carbocycles. The van der Waals surface area contributed by atoms with Crippen LogP contribution in [0.25, 0.3) is 0 Å². The largest absolute Gasteiger partial charge is 0.375 e. The van der Waals surface area contributed by atoms with Gasteiger partial charge in [-0.25, -0.2) is 4.99 Å². The van der Waals surface area contributed by atoms with E-state index < -0.39 is 0 Å². The molecule has 7 heteroatoms. The van der Waals surface area contributed by atoms with Gasteiger partial charge in [-0.3, -0.25) is 0 Å². The lowest BCUT2D eigenvalue weighted by molar-refractivity contribution is 0.715. The van der Waals surface area contributed by atoms with Crippen molar-refractivity contribution in [2.24, 2.45) is 12.0 Å². The predicted octanol–water partition coefficient (Wildman–Crippen LogP) is 3.54. The van der Waals surface area contributed by atoms with Gasteiger partial charge < -0.3 is 20.1 Å². The van der Waals surface area contributed by atoms with Gasteiger partial charge in [0, 0.05) is 39.4 Å². The number of guanidine groups is 1. The summed E-state index contributed by atoms with van der Waals surface area (Å²) in [7, 11) is 4.10. The smallest absolute Gasteiger partial charge is 0.191 e. The van der Waals surface area contributed by atoms with E-state index in [1.807, 2.05) is 24.6 Å². The minimum Gasteiger partial charge on any atom is -0.375 e. The van der Waals surface area contributed by atoms with Crippen LogP contribution < -0.4 is 15.5 Å². The Bertz CT molecular complexity index is 1020. The van der Waals surface area contributed by atoms with Crippen molar-refractivity contribution in [2.75, 3.05) is 31.6 Å². The highest BCUT2D eigenvalue weighted by Gasteiger charge is 2.06. The van der Waals surface area contributed by atoms with Crippen molar-refractivity contribution >= 4 is 11.6 Å². The maximum Gasteiger partial charge on any atom is 0.191 e. The van der Waals surface area contributed by atoms with Crippen LogP contribution in [-0.4, -0.2) is 47.4 Å². The highest BCUT2D eigenvalue weighted by molar-refractivity contribution is 5.79. The number of hydrogen-bond donors (Lipinski definition) is 2. The van der Waals surface area contributed by atoms with Crippen LogP contribution >= 0.6 is 0 Å². The monoisotopic (exact) mass is 447 g/mol. The van der Waals surface area contributed by atoms with Gasteiger partial charge in [0.1, 0.15) is 12.4 Å². The van der Waals surface area contributed by atoms with Crippen LogP contribution in [0.5, 0.6) is 0 Å². The molecular formula is C26H37N7. The number of hydrogen-bond acceptors (Lipinski definition) is 4. The molecule has 7 nitrogen and oxygen atoms in total. The van der Waals surface area contributed by atoms with Crippen LogP contribution in [0.2, 0.25) is 0 Å². The highest BCUT2D eigenvalue weighted by atomic mass is 15.3. The Morgan fingerprint density at radius 2 is 1.67 bits per heavy atom. The Labute approximate surface area is 198 Å². The van der Waals surface area contributed by atoms with E-state index >= 15 is 0 Å². The number of anilines is 1. The first-order valence-corrected chi connectivity index (χ1v) is 11.6. The summed E-state index contributed by atoms with van der Waals surface area (Å²) in [5, 5.41) is 15.3. The second-order valence-electron chi connectivity index (χ2n) is 8.60. The molecule has 176 valence electrons. The van der Waals surface area contributed by atoms with Crippen molar-refractivity contribution in [3.63, 3.8) is 0 Å². The Balaban J connectivity index is 1.54. The van der Waals surface area contributed by atoms with Crippen LogP contribution in [0, 0.1) is 20.8 Å². The van der Waals surface area contributed by atoms with Crippen LogP contribution in [0.1, 0.15) is 34.8 Å². The Kier molecular flexibility index (Phi) is 8.87. The molecular weight excluding hydrogens is 410 g/mol. The number of rotatable bonds is 10. The summed E-state index contributed by atoms with van der Waals surface area (Å²) in [6, 6.07) is 17.2. The summed E-state index contributed by atoms with van der Waals surface area (Å²) in [6.45, 7) is 9.35. The maximum atomic E-state index is 4.77. The van der Waals surface area contributed by atoms with E-state index in [9.17, 15) is 0 Å². The summed E-state index contributed by atoms with van der Waals surface area (Å²) < 4.78 is 1.98. The third-order valence-corrected chi connectivity index (χ3v) is 5.71. The van der Waals surface area contributed by atoms with Crippen LogP contribution in [0.3, 0.4) is 0 Å². The topological polar surface area (TPSA) is 70.4 Å². The molecule has 2 N–H and O–H groups in total. The van der Waals surface area contributed by atoms with Crippen molar-refractivity contribution in [3.8, 4) is 0 Å². The molecule has 1 heterocycles. The molecule has 0 unspecified atom stereocenters. The van der Waals surface area contributed by atoms with E-state index in [-0.39, 0.29) is 0 Å². The number of nitrogens with one attached hydrogen (secondary N) is 2. The molecule has 0 fully saturated rings. The van der Waals surface area contributed by atoms with E-state index in [0.717, 1.165) is 50.1 Å². The van der Waals surface area contributed by atoms with Gasteiger partial charge in [0.2, 0.25) is 0 Å². The van der Waals surface area contributed by atoms with Crippen molar-refractivity contribution in [2.45, 2.75) is 40.2 Å². The van der Waals surface area contributed by atoms with Gasteiger partial charge in [-0.05, 0) is 51.3 Å². The van der Waals surface area contributed by atoms with Gasteiger partial charge in [-0.15, -0.1) is 10.2 Å². The number of aromatic nitrogens is 3. The fourth-order valence-corrected chi connectivity index (χ4v) is 3.79. The first kappa shape index (κ1) is 24.3. The molecule has 0 aliphatic carbocycles. The minimum atomic E-state index is 0.486. The summed E-state index contributed by atoms with van der Waals surface area (Å²) in [5.74, 6) is 2.55. The van der Waals surface area contributed by atoms with Crippen LogP contribution in [0.15, 0.2) is 53.5 Å². The number of aryl methyl sites for hydroxylation is 3. The summed E-state index contributed by atoms with van der Waals surface area (Å²) in [4.78, 5) is 7.04. The molecule has 33 heavy (non-hydrogen) atoms. The molecule has 3 aromatic rings. The van der Waals surface area contributed by atoms with Gasteiger partial charge >= 0.3 is 0 Å². The normalized spacial score (nSPS) is 11.5. The zero-order valence-electron chi connectivity index (χ0n) is 20.6. The quantitative estimate of drug-likeness (QED) is 0.283. The number of benzene rings is 2. The average molecular weight is 448 g/mol. The van der Waals surface area contributed by atoms with Crippen LogP contribution in [-0.2, 0) is 20.0 Å².